The number of nitrogens with two attached hydrogens (primary N) is 1. The highest BCUT2D eigenvalue weighted by molar-refractivity contribution is 4.97. The smallest absolute Gasteiger partial charge is 0.0822 e. The van der Waals surface area contributed by atoms with Gasteiger partial charge in [0.2, 0.25) is 0 Å². The van der Waals surface area contributed by atoms with Crippen LogP contribution < -0.4 is 5.73 Å². The molecule has 3 nitrogen and oxygen atoms in total. The van der Waals surface area contributed by atoms with E-state index in [1.807, 2.05) is 0 Å². The van der Waals surface area contributed by atoms with Crippen molar-refractivity contribution < 1.29 is 5.11 Å². The fourth-order valence-corrected chi connectivity index (χ4v) is 2.30. The Kier molecular flexibility index (Phi) is 1.67. The molecule has 3 atom stereocenters. The predicted octanol–water partition coefficient (Wildman–Crippen LogP) is -0.598. The molecule has 2 aliphatic heterocycles. The average molecular weight is 156 g/mol. The first-order chi connectivity index (χ1) is 5.24. The van der Waals surface area contributed by atoms with E-state index < -0.39 is 5.60 Å². The van der Waals surface area contributed by atoms with Crippen LogP contribution in [0.4, 0.5) is 0 Å². The van der Waals surface area contributed by atoms with E-state index in [-0.39, 0.29) is 0 Å². The van der Waals surface area contributed by atoms with E-state index in [9.17, 15) is 5.11 Å². The molecular formula is C8H16N2O. The highest BCUT2D eigenvalue weighted by Gasteiger charge is 2.43. The van der Waals surface area contributed by atoms with Gasteiger partial charge in [0.05, 0.1) is 5.60 Å². The van der Waals surface area contributed by atoms with Gasteiger partial charge in [-0.15, -0.1) is 0 Å². The molecule has 3 N–H and O–H groups in total. The molecule has 0 aromatic heterocycles. The number of rotatable bonds is 1. The summed E-state index contributed by atoms with van der Waals surface area (Å²) in [7, 11) is 0. The van der Waals surface area contributed by atoms with Crippen molar-refractivity contribution in [2.75, 3.05) is 26.2 Å². The molecule has 2 aliphatic rings. The Balaban J connectivity index is 2.12. The van der Waals surface area contributed by atoms with Gasteiger partial charge in [-0.2, -0.15) is 0 Å². The third-order valence-electron chi connectivity index (χ3n) is 3.25. The minimum atomic E-state index is -0.535. The van der Waals surface area contributed by atoms with Crippen LogP contribution in [0.25, 0.3) is 0 Å². The minimum Gasteiger partial charge on any atom is -0.388 e. The third kappa shape index (κ3) is 1.08. The molecular weight excluding hydrogens is 140 g/mol. The maximum absolute atomic E-state index is 10.0. The van der Waals surface area contributed by atoms with E-state index >= 15 is 0 Å². The lowest BCUT2D eigenvalue weighted by Gasteiger charge is -2.37. The van der Waals surface area contributed by atoms with Gasteiger partial charge in [-0.05, 0) is 19.4 Å². The van der Waals surface area contributed by atoms with Gasteiger partial charge in [0, 0.05) is 25.6 Å². The molecule has 0 aromatic rings. The third-order valence-corrected chi connectivity index (χ3v) is 3.25. The highest BCUT2D eigenvalue weighted by atomic mass is 16.3. The van der Waals surface area contributed by atoms with Gasteiger partial charge in [0.1, 0.15) is 0 Å². The molecule has 0 radical (unpaired) electrons. The van der Waals surface area contributed by atoms with Gasteiger partial charge in [-0.25, -0.2) is 0 Å². The Bertz CT molecular complexity index is 162. The van der Waals surface area contributed by atoms with Crippen molar-refractivity contribution in [3.8, 4) is 0 Å². The zero-order chi connectivity index (χ0) is 7.90. The molecule has 2 bridgehead atoms. The molecule has 0 amide bonds. The molecule has 2 saturated heterocycles. The second-order valence-electron chi connectivity index (χ2n) is 3.84. The minimum absolute atomic E-state index is 0.436. The summed E-state index contributed by atoms with van der Waals surface area (Å²) in [5.74, 6) is 0.446. The summed E-state index contributed by atoms with van der Waals surface area (Å²) in [6, 6.07) is 0. The van der Waals surface area contributed by atoms with Crippen LogP contribution in [-0.2, 0) is 0 Å². The van der Waals surface area contributed by atoms with Gasteiger partial charge in [0.25, 0.3) is 0 Å². The van der Waals surface area contributed by atoms with Gasteiger partial charge in [-0.3, -0.25) is 0 Å². The maximum atomic E-state index is 10.0. The zero-order valence-corrected chi connectivity index (χ0v) is 6.79. The first kappa shape index (κ1) is 7.53. The quantitative estimate of drug-likeness (QED) is 0.533. The highest BCUT2D eigenvalue weighted by Crippen LogP contribution is 2.34. The van der Waals surface area contributed by atoms with Gasteiger partial charge in [-0.1, -0.05) is 0 Å². The van der Waals surface area contributed by atoms with E-state index in [1.54, 1.807) is 0 Å². The molecule has 3 heteroatoms. The molecule has 0 aromatic carbocycles. The van der Waals surface area contributed by atoms with Crippen molar-refractivity contribution in [3.63, 3.8) is 0 Å². The lowest BCUT2D eigenvalue weighted by molar-refractivity contribution is -0.0362. The van der Waals surface area contributed by atoms with Gasteiger partial charge in [0.15, 0.2) is 0 Å². The summed E-state index contributed by atoms with van der Waals surface area (Å²) in [4.78, 5) is 2.41. The van der Waals surface area contributed by atoms with E-state index in [1.165, 1.54) is 0 Å². The summed E-state index contributed by atoms with van der Waals surface area (Å²) in [6.45, 7) is 3.69. The second-order valence-corrected chi connectivity index (χ2v) is 3.84. The Morgan fingerprint density at radius 3 is 3.09 bits per heavy atom. The predicted molar refractivity (Wildman–Crippen MR) is 43.2 cm³/mol. The van der Waals surface area contributed by atoms with Crippen LogP contribution >= 0.6 is 0 Å². The molecule has 11 heavy (non-hydrogen) atoms. The van der Waals surface area contributed by atoms with E-state index in [4.69, 9.17) is 5.73 Å². The number of aliphatic hydroxyl groups is 1. The summed E-state index contributed by atoms with van der Waals surface area (Å²) in [5, 5.41) is 10.0. The Hall–Kier alpha value is -0.120. The lowest BCUT2D eigenvalue weighted by Crippen LogP contribution is -2.51. The van der Waals surface area contributed by atoms with Crippen LogP contribution in [0.3, 0.4) is 0 Å². The Labute approximate surface area is 67.2 Å². The van der Waals surface area contributed by atoms with Crippen molar-refractivity contribution in [2.24, 2.45) is 11.7 Å². The first-order valence-electron chi connectivity index (χ1n) is 4.39. The normalized spacial score (nSPS) is 49.6. The van der Waals surface area contributed by atoms with Crippen molar-refractivity contribution in [3.05, 3.63) is 0 Å². The fourth-order valence-electron chi connectivity index (χ4n) is 2.30. The molecule has 2 fully saturated rings. The van der Waals surface area contributed by atoms with E-state index in [0.29, 0.717) is 12.5 Å². The Morgan fingerprint density at radius 1 is 1.55 bits per heavy atom. The number of fused-ring (bicyclic) bond motifs is 2. The summed E-state index contributed by atoms with van der Waals surface area (Å²) in [5.41, 5.74) is 5.02. The molecule has 3 unspecified atom stereocenters. The second kappa shape index (κ2) is 2.44. The van der Waals surface area contributed by atoms with Crippen LogP contribution in [-0.4, -0.2) is 41.8 Å². The van der Waals surface area contributed by atoms with Crippen molar-refractivity contribution in [1.29, 1.82) is 0 Å². The lowest BCUT2D eigenvalue weighted by atomic mass is 9.82. The van der Waals surface area contributed by atoms with Crippen molar-refractivity contribution >= 4 is 0 Å². The monoisotopic (exact) mass is 156 g/mol. The molecule has 0 spiro atoms. The van der Waals surface area contributed by atoms with Crippen molar-refractivity contribution in [1.82, 2.24) is 4.90 Å². The van der Waals surface area contributed by atoms with Crippen LogP contribution in [0.1, 0.15) is 12.8 Å². The van der Waals surface area contributed by atoms with Crippen LogP contribution in [0.2, 0.25) is 0 Å². The van der Waals surface area contributed by atoms with E-state index in [2.05, 4.69) is 4.90 Å². The molecule has 2 heterocycles. The molecule has 2 rings (SSSR count). The van der Waals surface area contributed by atoms with E-state index in [0.717, 1.165) is 32.5 Å². The SMILES string of the molecule is NCC1(O)CCN2CCC1C2. The van der Waals surface area contributed by atoms with Crippen LogP contribution in [0.5, 0.6) is 0 Å². The number of nitrogens with zero attached hydrogens (tertiary/aromatic N) is 1. The summed E-state index contributed by atoms with van der Waals surface area (Å²) < 4.78 is 0. The van der Waals surface area contributed by atoms with Crippen molar-refractivity contribution in [2.45, 2.75) is 18.4 Å². The topological polar surface area (TPSA) is 49.5 Å². The summed E-state index contributed by atoms with van der Waals surface area (Å²) >= 11 is 0. The molecule has 0 saturated carbocycles. The zero-order valence-electron chi connectivity index (χ0n) is 6.79. The number of hydrogen-bond donors (Lipinski definition) is 2. The largest absolute Gasteiger partial charge is 0.388 e. The first-order valence-corrected chi connectivity index (χ1v) is 4.39. The number of piperidine rings is 1. The molecule has 64 valence electrons. The van der Waals surface area contributed by atoms with Gasteiger partial charge >= 0.3 is 0 Å². The fraction of sp³-hybridized carbons (Fsp3) is 1.00. The van der Waals surface area contributed by atoms with Gasteiger partial charge < -0.3 is 15.7 Å². The Morgan fingerprint density at radius 2 is 2.36 bits per heavy atom. The standard InChI is InChI=1S/C8H16N2O/c9-6-8(11)2-4-10-3-1-7(8)5-10/h7,11H,1-6,9H2. The summed E-state index contributed by atoms with van der Waals surface area (Å²) in [6.07, 6.45) is 2.00. The van der Waals surface area contributed by atoms with Crippen LogP contribution in [0, 0.1) is 5.92 Å². The average Bonchev–Trinajstić information content (AvgIpc) is 2.44. The molecule has 0 aliphatic carbocycles. The maximum Gasteiger partial charge on any atom is 0.0822 e. The van der Waals surface area contributed by atoms with Crippen LogP contribution in [0.15, 0.2) is 0 Å². The number of hydrogen-bond acceptors (Lipinski definition) is 3.